The average Bonchev–Trinajstić information content (AvgIpc) is 2.93. The fourth-order valence-electron chi connectivity index (χ4n) is 5.68. The van der Waals surface area contributed by atoms with Gasteiger partial charge < -0.3 is 9.80 Å². The molecule has 0 saturated carbocycles. The summed E-state index contributed by atoms with van der Waals surface area (Å²) < 4.78 is 41.3. The van der Waals surface area contributed by atoms with Gasteiger partial charge in [0, 0.05) is 57.8 Å². The first-order valence-electron chi connectivity index (χ1n) is 13.5. The van der Waals surface area contributed by atoms with E-state index in [9.17, 15) is 18.0 Å². The van der Waals surface area contributed by atoms with E-state index in [2.05, 4.69) is 38.5 Å². The summed E-state index contributed by atoms with van der Waals surface area (Å²) in [5.41, 5.74) is 3.95. The van der Waals surface area contributed by atoms with Gasteiger partial charge >= 0.3 is 6.18 Å². The standard InChI is InChI=1S/C30H34F3N5O/c1-3-36-6-8-37(9-7-36)18-23-10-22(11-26(12-23)30(31,32)33)13-29(39)24-4-5-28-21(2)17-38(19-25(28)14-24)27-15-34-20-35-16-27/h4-5,10-12,14-16,20-21H,3,6-9,13,17-19H2,1-2H3. The summed E-state index contributed by atoms with van der Waals surface area (Å²) >= 11 is 0. The molecule has 0 bridgehead atoms. The van der Waals surface area contributed by atoms with Crippen molar-refractivity contribution in [2.24, 2.45) is 0 Å². The van der Waals surface area contributed by atoms with Gasteiger partial charge in [0.05, 0.1) is 23.6 Å². The Bertz CT molecular complexity index is 1310. The maximum absolute atomic E-state index is 13.8. The van der Waals surface area contributed by atoms with E-state index in [4.69, 9.17) is 0 Å². The maximum atomic E-state index is 13.8. The largest absolute Gasteiger partial charge is 0.416 e. The van der Waals surface area contributed by atoms with E-state index in [1.165, 1.54) is 18.0 Å². The van der Waals surface area contributed by atoms with E-state index >= 15 is 0 Å². The van der Waals surface area contributed by atoms with Crippen LogP contribution in [0.4, 0.5) is 18.9 Å². The van der Waals surface area contributed by atoms with Gasteiger partial charge in [-0.2, -0.15) is 13.2 Å². The number of halogens is 3. The van der Waals surface area contributed by atoms with Crippen LogP contribution in [0.25, 0.3) is 0 Å². The molecule has 0 N–H and O–H groups in total. The van der Waals surface area contributed by atoms with Gasteiger partial charge in [0.15, 0.2) is 5.78 Å². The molecule has 206 valence electrons. The number of nitrogens with zero attached hydrogens (tertiary/aromatic N) is 5. The van der Waals surface area contributed by atoms with Crippen molar-refractivity contribution in [3.63, 3.8) is 0 Å². The van der Waals surface area contributed by atoms with Gasteiger partial charge in [-0.05, 0) is 52.9 Å². The molecule has 6 nitrogen and oxygen atoms in total. The molecule has 1 aromatic heterocycles. The molecule has 0 amide bonds. The highest BCUT2D eigenvalue weighted by Crippen LogP contribution is 2.33. The Kier molecular flexibility index (Phi) is 8.00. The van der Waals surface area contributed by atoms with Gasteiger partial charge in [0.25, 0.3) is 0 Å². The van der Waals surface area contributed by atoms with Crippen molar-refractivity contribution in [1.82, 2.24) is 19.8 Å². The van der Waals surface area contributed by atoms with Crippen molar-refractivity contribution in [1.29, 1.82) is 0 Å². The molecule has 2 aliphatic rings. The van der Waals surface area contributed by atoms with Crippen LogP contribution < -0.4 is 4.90 Å². The summed E-state index contributed by atoms with van der Waals surface area (Å²) in [6.07, 6.45) is 0.489. The maximum Gasteiger partial charge on any atom is 0.416 e. The number of likely N-dealkylation sites (N-methyl/N-ethyl adjacent to an activating group) is 1. The third-order valence-corrected chi connectivity index (χ3v) is 7.83. The second-order valence-electron chi connectivity index (χ2n) is 10.6. The van der Waals surface area contributed by atoms with Crippen LogP contribution in [0.3, 0.4) is 0 Å². The number of rotatable bonds is 7. The minimum atomic E-state index is -4.47. The Morgan fingerprint density at radius 1 is 0.974 bits per heavy atom. The zero-order valence-electron chi connectivity index (χ0n) is 22.4. The van der Waals surface area contributed by atoms with Gasteiger partial charge in [-0.15, -0.1) is 0 Å². The molecule has 0 radical (unpaired) electrons. The molecule has 3 heterocycles. The van der Waals surface area contributed by atoms with Crippen molar-refractivity contribution in [2.45, 2.75) is 45.5 Å². The lowest BCUT2D eigenvalue weighted by molar-refractivity contribution is -0.137. The molecule has 0 spiro atoms. The quantitative estimate of drug-likeness (QED) is 0.387. The molecule has 39 heavy (non-hydrogen) atoms. The van der Waals surface area contributed by atoms with E-state index in [0.29, 0.717) is 29.8 Å². The van der Waals surface area contributed by atoms with E-state index in [-0.39, 0.29) is 18.1 Å². The number of carbonyl (C=O) groups excluding carboxylic acids is 1. The number of hydrogen-bond donors (Lipinski definition) is 0. The molecule has 5 rings (SSSR count). The molecule has 0 aliphatic carbocycles. The molecule has 1 saturated heterocycles. The number of piperazine rings is 1. The van der Waals surface area contributed by atoms with E-state index < -0.39 is 11.7 Å². The number of hydrogen-bond acceptors (Lipinski definition) is 6. The lowest BCUT2D eigenvalue weighted by Crippen LogP contribution is -2.45. The zero-order valence-corrected chi connectivity index (χ0v) is 22.4. The third kappa shape index (κ3) is 6.47. The first-order chi connectivity index (χ1) is 18.7. The molecular weight excluding hydrogens is 503 g/mol. The topological polar surface area (TPSA) is 52.6 Å². The molecule has 1 atom stereocenters. The number of ketones is 1. The Morgan fingerprint density at radius 3 is 2.36 bits per heavy atom. The number of Topliss-reactive ketones (excluding diaryl/α,β-unsaturated/α-hetero) is 1. The highest BCUT2D eigenvalue weighted by Gasteiger charge is 2.32. The summed E-state index contributed by atoms with van der Waals surface area (Å²) in [6, 6.07) is 9.79. The molecule has 9 heteroatoms. The summed E-state index contributed by atoms with van der Waals surface area (Å²) in [6.45, 7) is 10.6. The Hall–Kier alpha value is -3.30. The van der Waals surface area contributed by atoms with Crippen LogP contribution >= 0.6 is 0 Å². The second-order valence-corrected chi connectivity index (χ2v) is 10.6. The van der Waals surface area contributed by atoms with Crippen molar-refractivity contribution < 1.29 is 18.0 Å². The minimum Gasteiger partial charge on any atom is -0.364 e. The second kappa shape index (κ2) is 11.4. The fourth-order valence-corrected chi connectivity index (χ4v) is 5.68. The van der Waals surface area contributed by atoms with Gasteiger partial charge in [0.2, 0.25) is 0 Å². The van der Waals surface area contributed by atoms with Crippen LogP contribution in [0.1, 0.15) is 57.9 Å². The summed E-state index contributed by atoms with van der Waals surface area (Å²) in [5, 5.41) is 0. The number of fused-ring (bicyclic) bond motifs is 1. The van der Waals surface area contributed by atoms with Gasteiger partial charge in [-0.1, -0.05) is 32.0 Å². The van der Waals surface area contributed by atoms with Crippen molar-refractivity contribution >= 4 is 11.5 Å². The van der Waals surface area contributed by atoms with Crippen molar-refractivity contribution in [3.05, 3.63) is 88.5 Å². The molecule has 1 unspecified atom stereocenters. The van der Waals surface area contributed by atoms with Crippen LogP contribution in [0.2, 0.25) is 0 Å². The van der Waals surface area contributed by atoms with Crippen LogP contribution in [0.15, 0.2) is 55.1 Å². The van der Waals surface area contributed by atoms with Crippen LogP contribution in [-0.2, 0) is 25.7 Å². The first-order valence-corrected chi connectivity index (χ1v) is 13.5. The molecule has 2 aromatic carbocycles. The lowest BCUT2D eigenvalue weighted by atomic mass is 9.88. The smallest absolute Gasteiger partial charge is 0.364 e. The molecule has 2 aliphatic heterocycles. The Balaban J connectivity index is 1.35. The van der Waals surface area contributed by atoms with E-state index in [1.54, 1.807) is 24.5 Å². The average molecular weight is 538 g/mol. The third-order valence-electron chi connectivity index (χ3n) is 7.83. The number of benzene rings is 2. The molecule has 3 aromatic rings. The van der Waals surface area contributed by atoms with Crippen molar-refractivity contribution in [2.75, 3.05) is 44.2 Å². The first kappa shape index (κ1) is 27.3. The number of aromatic nitrogens is 2. The number of alkyl halides is 3. The normalized spacial score (nSPS) is 18.7. The van der Waals surface area contributed by atoms with E-state index in [1.807, 2.05) is 12.1 Å². The van der Waals surface area contributed by atoms with Gasteiger partial charge in [-0.3, -0.25) is 9.69 Å². The van der Waals surface area contributed by atoms with Crippen LogP contribution in [0, 0.1) is 0 Å². The summed E-state index contributed by atoms with van der Waals surface area (Å²) in [7, 11) is 0. The summed E-state index contributed by atoms with van der Waals surface area (Å²) in [4.78, 5) is 28.3. The number of carbonyl (C=O) groups is 1. The highest BCUT2D eigenvalue weighted by atomic mass is 19.4. The zero-order chi connectivity index (χ0) is 27.6. The Morgan fingerprint density at radius 2 is 1.67 bits per heavy atom. The predicted octanol–water partition coefficient (Wildman–Crippen LogP) is 5.18. The SMILES string of the molecule is CCN1CCN(Cc2cc(CC(=O)c3ccc4c(c3)CN(c3cncnc3)CC4C)cc(C(F)(F)F)c2)CC1. The van der Waals surface area contributed by atoms with Crippen LogP contribution in [-0.4, -0.2) is 64.8 Å². The monoisotopic (exact) mass is 537 g/mol. The predicted molar refractivity (Wildman–Crippen MR) is 145 cm³/mol. The lowest BCUT2D eigenvalue weighted by Gasteiger charge is -2.34. The van der Waals surface area contributed by atoms with Gasteiger partial charge in [0.1, 0.15) is 6.33 Å². The fraction of sp³-hybridized carbons (Fsp3) is 0.433. The highest BCUT2D eigenvalue weighted by molar-refractivity contribution is 5.97. The van der Waals surface area contributed by atoms with Gasteiger partial charge in [-0.25, -0.2) is 9.97 Å². The number of anilines is 1. The summed E-state index contributed by atoms with van der Waals surface area (Å²) in [5.74, 6) is 0.0655. The minimum absolute atomic E-state index is 0.0783. The van der Waals surface area contributed by atoms with Crippen molar-refractivity contribution in [3.8, 4) is 0 Å². The molecule has 1 fully saturated rings. The molecular formula is C30H34F3N5O. The van der Waals surface area contributed by atoms with Crippen LogP contribution in [0.5, 0.6) is 0 Å². The van der Waals surface area contributed by atoms with E-state index in [0.717, 1.165) is 56.6 Å². The Labute approximate surface area is 227 Å².